The maximum absolute atomic E-state index is 6.16. The molecule has 0 saturated heterocycles. The number of methoxy groups -OCH3 is 1. The van der Waals surface area contributed by atoms with Crippen molar-refractivity contribution >= 4 is 23.2 Å². The quantitative estimate of drug-likeness (QED) is 0.768. The number of hydrogen-bond donors (Lipinski definition) is 0. The SMILES string of the molecule is CCC(Cl)C(C)c1nc(OC)ncc1Cl. The van der Waals surface area contributed by atoms with Gasteiger partial charge < -0.3 is 4.74 Å². The van der Waals surface area contributed by atoms with Crippen molar-refractivity contribution in [1.82, 2.24) is 9.97 Å². The highest BCUT2D eigenvalue weighted by molar-refractivity contribution is 6.31. The zero-order valence-corrected chi connectivity index (χ0v) is 10.5. The number of hydrogen-bond acceptors (Lipinski definition) is 3. The second-order valence-electron chi connectivity index (χ2n) is 3.30. The van der Waals surface area contributed by atoms with Gasteiger partial charge in [-0.25, -0.2) is 4.98 Å². The first-order chi connectivity index (χ1) is 7.10. The third-order valence-corrected chi connectivity index (χ3v) is 3.27. The lowest BCUT2D eigenvalue weighted by atomic mass is 10.0. The lowest BCUT2D eigenvalue weighted by molar-refractivity contribution is 0.376. The summed E-state index contributed by atoms with van der Waals surface area (Å²) in [6, 6.07) is 0.321. The molecule has 0 aliphatic heterocycles. The maximum atomic E-state index is 6.16. The molecule has 0 radical (unpaired) electrons. The Labute approximate surface area is 99.8 Å². The zero-order chi connectivity index (χ0) is 11.4. The fourth-order valence-corrected chi connectivity index (χ4v) is 1.69. The lowest BCUT2D eigenvalue weighted by Gasteiger charge is -2.17. The normalized spacial score (nSPS) is 14.7. The summed E-state index contributed by atoms with van der Waals surface area (Å²) in [6.45, 7) is 4.02. The molecule has 0 spiro atoms. The van der Waals surface area contributed by atoms with Crippen molar-refractivity contribution in [2.24, 2.45) is 0 Å². The smallest absolute Gasteiger partial charge is 0.316 e. The Bertz CT molecular complexity index is 333. The summed E-state index contributed by atoms with van der Waals surface area (Å²) in [5, 5.41) is 0.546. The maximum Gasteiger partial charge on any atom is 0.316 e. The summed E-state index contributed by atoms with van der Waals surface area (Å²) in [5.41, 5.74) is 0.741. The fraction of sp³-hybridized carbons (Fsp3) is 0.600. The molecule has 2 unspecified atom stereocenters. The molecule has 1 rings (SSSR count). The van der Waals surface area contributed by atoms with Crippen molar-refractivity contribution in [2.75, 3.05) is 7.11 Å². The van der Waals surface area contributed by atoms with Gasteiger partial charge in [-0.1, -0.05) is 25.4 Å². The van der Waals surface area contributed by atoms with E-state index in [4.69, 9.17) is 27.9 Å². The van der Waals surface area contributed by atoms with Gasteiger partial charge in [0.2, 0.25) is 0 Å². The first-order valence-electron chi connectivity index (χ1n) is 4.80. The van der Waals surface area contributed by atoms with Crippen molar-refractivity contribution in [3.63, 3.8) is 0 Å². The van der Waals surface area contributed by atoms with E-state index in [1.807, 2.05) is 13.8 Å². The molecule has 0 aliphatic rings. The molecule has 2 atom stereocenters. The summed E-state index contributed by atoms with van der Waals surface area (Å²) < 4.78 is 4.95. The molecule has 1 aromatic rings. The van der Waals surface area contributed by atoms with Gasteiger partial charge in [0.1, 0.15) is 0 Å². The van der Waals surface area contributed by atoms with Gasteiger partial charge in [0.15, 0.2) is 0 Å². The third-order valence-electron chi connectivity index (χ3n) is 2.30. The third kappa shape index (κ3) is 2.95. The van der Waals surface area contributed by atoms with E-state index in [9.17, 15) is 0 Å². The molecule has 0 aromatic carbocycles. The van der Waals surface area contributed by atoms with E-state index < -0.39 is 0 Å². The highest BCUT2D eigenvalue weighted by Crippen LogP contribution is 2.29. The average Bonchev–Trinajstić information content (AvgIpc) is 2.27. The molecule has 1 aromatic heterocycles. The molecule has 3 nitrogen and oxygen atoms in total. The van der Waals surface area contributed by atoms with E-state index in [0.29, 0.717) is 11.0 Å². The Balaban J connectivity index is 3.01. The van der Waals surface area contributed by atoms with Gasteiger partial charge in [0.05, 0.1) is 24.0 Å². The van der Waals surface area contributed by atoms with Crippen LogP contribution in [0.15, 0.2) is 6.20 Å². The summed E-state index contributed by atoms with van der Waals surface area (Å²) in [4.78, 5) is 8.13. The molecule has 0 fully saturated rings. The zero-order valence-electron chi connectivity index (χ0n) is 9.00. The highest BCUT2D eigenvalue weighted by atomic mass is 35.5. The van der Waals surface area contributed by atoms with Gasteiger partial charge in [-0.3, -0.25) is 0 Å². The van der Waals surface area contributed by atoms with Gasteiger partial charge in [0.25, 0.3) is 0 Å². The Morgan fingerprint density at radius 1 is 1.53 bits per heavy atom. The van der Waals surface area contributed by atoms with Gasteiger partial charge in [-0.05, 0) is 6.42 Å². The van der Waals surface area contributed by atoms with Crippen LogP contribution < -0.4 is 4.74 Å². The number of nitrogens with zero attached hydrogens (tertiary/aromatic N) is 2. The summed E-state index contributed by atoms with van der Waals surface area (Å²) in [6.07, 6.45) is 2.41. The van der Waals surface area contributed by atoms with Crippen LogP contribution in [-0.4, -0.2) is 22.5 Å². The second kappa shape index (κ2) is 5.52. The van der Waals surface area contributed by atoms with Gasteiger partial charge in [0, 0.05) is 11.3 Å². The van der Waals surface area contributed by atoms with Gasteiger partial charge >= 0.3 is 6.01 Å². The number of rotatable bonds is 4. The molecule has 0 aliphatic carbocycles. The topological polar surface area (TPSA) is 35.0 Å². The van der Waals surface area contributed by atoms with Crippen LogP contribution in [0.3, 0.4) is 0 Å². The molecular weight excluding hydrogens is 235 g/mol. The van der Waals surface area contributed by atoms with Crippen LogP contribution in [0.5, 0.6) is 6.01 Å². The second-order valence-corrected chi connectivity index (χ2v) is 4.27. The van der Waals surface area contributed by atoms with Crippen LogP contribution in [0.1, 0.15) is 31.9 Å². The Morgan fingerprint density at radius 3 is 2.73 bits per heavy atom. The molecule has 0 bridgehead atoms. The summed E-state index contributed by atoms with van der Waals surface area (Å²) in [5.74, 6) is 0.0843. The van der Waals surface area contributed by atoms with Crippen molar-refractivity contribution in [2.45, 2.75) is 31.6 Å². The van der Waals surface area contributed by atoms with Crippen molar-refractivity contribution in [3.05, 3.63) is 16.9 Å². The molecule has 15 heavy (non-hydrogen) atoms. The highest BCUT2D eigenvalue weighted by Gasteiger charge is 2.20. The molecule has 84 valence electrons. The Hall–Kier alpha value is -0.540. The Morgan fingerprint density at radius 2 is 2.20 bits per heavy atom. The van der Waals surface area contributed by atoms with Crippen molar-refractivity contribution in [3.8, 4) is 6.01 Å². The van der Waals surface area contributed by atoms with Crippen LogP contribution in [0.4, 0.5) is 0 Å². The minimum atomic E-state index is 0.0158. The molecular formula is C10H14Cl2N2O. The summed E-state index contributed by atoms with van der Waals surface area (Å²) >= 11 is 12.2. The van der Waals surface area contributed by atoms with Crippen LogP contribution in [0.2, 0.25) is 5.02 Å². The first-order valence-corrected chi connectivity index (χ1v) is 5.62. The molecule has 5 heteroatoms. The van der Waals surface area contributed by atoms with E-state index in [-0.39, 0.29) is 11.3 Å². The van der Waals surface area contributed by atoms with Gasteiger partial charge in [-0.15, -0.1) is 11.6 Å². The van der Waals surface area contributed by atoms with Crippen LogP contribution in [-0.2, 0) is 0 Å². The van der Waals surface area contributed by atoms with Gasteiger partial charge in [-0.2, -0.15) is 4.98 Å². The van der Waals surface area contributed by atoms with E-state index in [1.165, 1.54) is 7.11 Å². The summed E-state index contributed by atoms with van der Waals surface area (Å²) in [7, 11) is 1.52. The monoisotopic (exact) mass is 248 g/mol. The Kier molecular flexibility index (Phi) is 4.61. The van der Waals surface area contributed by atoms with Crippen molar-refractivity contribution in [1.29, 1.82) is 0 Å². The average molecular weight is 249 g/mol. The largest absolute Gasteiger partial charge is 0.467 e. The fourth-order valence-electron chi connectivity index (χ4n) is 1.31. The van der Waals surface area contributed by atoms with E-state index >= 15 is 0 Å². The molecule has 0 saturated carbocycles. The van der Waals surface area contributed by atoms with E-state index in [2.05, 4.69) is 9.97 Å². The molecule has 0 amide bonds. The number of aromatic nitrogens is 2. The standard InChI is InChI=1S/C10H14Cl2N2O/c1-4-7(11)6(2)9-8(12)5-13-10(14-9)15-3/h5-7H,4H2,1-3H3. The minimum Gasteiger partial charge on any atom is -0.467 e. The predicted molar refractivity (Wildman–Crippen MR) is 61.9 cm³/mol. The first kappa shape index (κ1) is 12.5. The van der Waals surface area contributed by atoms with E-state index in [0.717, 1.165) is 12.1 Å². The van der Waals surface area contributed by atoms with Crippen LogP contribution in [0, 0.1) is 0 Å². The van der Waals surface area contributed by atoms with Crippen LogP contribution in [0.25, 0.3) is 0 Å². The number of ether oxygens (including phenoxy) is 1. The number of alkyl halides is 1. The van der Waals surface area contributed by atoms with Crippen molar-refractivity contribution < 1.29 is 4.74 Å². The number of halogens is 2. The lowest BCUT2D eigenvalue weighted by Crippen LogP contribution is -2.11. The van der Waals surface area contributed by atoms with Crippen LogP contribution >= 0.6 is 23.2 Å². The molecule has 0 N–H and O–H groups in total. The molecule has 1 heterocycles. The minimum absolute atomic E-state index is 0.0158. The predicted octanol–water partition coefficient (Wildman–Crippen LogP) is 3.26. The van der Waals surface area contributed by atoms with E-state index in [1.54, 1.807) is 6.20 Å².